The van der Waals surface area contributed by atoms with Crippen molar-refractivity contribution in [3.63, 3.8) is 0 Å². The van der Waals surface area contributed by atoms with Crippen LogP contribution in [-0.2, 0) is 27.8 Å². The van der Waals surface area contributed by atoms with Gasteiger partial charge in [-0.05, 0) is 24.1 Å². The van der Waals surface area contributed by atoms with Gasteiger partial charge in [0.15, 0.2) is 0 Å². The van der Waals surface area contributed by atoms with Crippen LogP contribution < -0.4 is 10.0 Å². The maximum Gasteiger partial charge on any atom is 0.235 e. The quantitative estimate of drug-likeness (QED) is 0.750. The molecule has 6 nitrogen and oxygen atoms in total. The number of pyridine rings is 1. The first-order valence-electron chi connectivity index (χ1n) is 7.23. The molecule has 0 unspecified atom stereocenters. The largest absolute Gasteiger partial charge is 0.349 e. The van der Waals surface area contributed by atoms with E-state index in [0.29, 0.717) is 12.1 Å². The highest BCUT2D eigenvalue weighted by atomic mass is 32.2. The lowest BCUT2D eigenvalue weighted by Crippen LogP contribution is -2.38. The van der Waals surface area contributed by atoms with E-state index in [1.165, 1.54) is 0 Å². The van der Waals surface area contributed by atoms with Crippen molar-refractivity contribution in [3.8, 4) is 0 Å². The molecule has 0 aliphatic carbocycles. The number of amides is 1. The van der Waals surface area contributed by atoms with Gasteiger partial charge in [-0.1, -0.05) is 36.4 Å². The second-order valence-corrected chi connectivity index (χ2v) is 6.90. The van der Waals surface area contributed by atoms with Crippen LogP contribution in [0.2, 0.25) is 0 Å². The van der Waals surface area contributed by atoms with Crippen LogP contribution in [0.5, 0.6) is 0 Å². The zero-order chi connectivity index (χ0) is 16.5. The maximum absolute atomic E-state index is 11.9. The van der Waals surface area contributed by atoms with E-state index in [-0.39, 0.29) is 24.7 Å². The van der Waals surface area contributed by atoms with Gasteiger partial charge in [0, 0.05) is 6.20 Å². The minimum Gasteiger partial charge on any atom is -0.349 e. The van der Waals surface area contributed by atoms with E-state index in [1.807, 2.05) is 36.4 Å². The Kier molecular flexibility index (Phi) is 6.25. The first-order valence-corrected chi connectivity index (χ1v) is 8.88. The Morgan fingerprint density at radius 2 is 1.78 bits per heavy atom. The SMILES string of the molecule is O=C(CNS(=O)(=O)CCc1ccccc1)NCc1ccccn1. The Morgan fingerprint density at radius 3 is 2.48 bits per heavy atom. The molecule has 1 aromatic heterocycles. The molecule has 0 atom stereocenters. The van der Waals surface area contributed by atoms with Gasteiger partial charge >= 0.3 is 0 Å². The van der Waals surface area contributed by atoms with E-state index in [0.717, 1.165) is 5.56 Å². The van der Waals surface area contributed by atoms with E-state index in [1.54, 1.807) is 18.3 Å². The number of sulfonamides is 1. The molecule has 2 aromatic rings. The van der Waals surface area contributed by atoms with E-state index < -0.39 is 10.0 Å². The Balaban J connectivity index is 1.72. The van der Waals surface area contributed by atoms with Crippen LogP contribution in [0.4, 0.5) is 0 Å². The zero-order valence-electron chi connectivity index (χ0n) is 12.6. The second-order valence-electron chi connectivity index (χ2n) is 4.97. The van der Waals surface area contributed by atoms with Gasteiger partial charge in [-0.15, -0.1) is 0 Å². The molecule has 0 aliphatic heterocycles. The molecule has 0 aliphatic rings. The van der Waals surface area contributed by atoms with Gasteiger partial charge in [0.2, 0.25) is 15.9 Å². The normalized spacial score (nSPS) is 11.1. The minimum atomic E-state index is -3.48. The van der Waals surface area contributed by atoms with Crippen molar-refractivity contribution >= 4 is 15.9 Å². The third kappa shape index (κ3) is 6.58. The summed E-state index contributed by atoms with van der Waals surface area (Å²) in [5.74, 6) is -0.441. The molecule has 7 heteroatoms. The van der Waals surface area contributed by atoms with Crippen molar-refractivity contribution in [1.82, 2.24) is 15.0 Å². The molecule has 0 radical (unpaired) electrons. The molecule has 1 heterocycles. The lowest BCUT2D eigenvalue weighted by Gasteiger charge is -2.08. The van der Waals surface area contributed by atoms with Crippen LogP contribution >= 0.6 is 0 Å². The predicted octanol–water partition coefficient (Wildman–Crippen LogP) is 0.860. The summed E-state index contributed by atoms with van der Waals surface area (Å²) >= 11 is 0. The standard InChI is InChI=1S/C16H19N3O3S/c20-16(18-12-15-8-4-5-10-17-15)13-19-23(21,22)11-9-14-6-2-1-3-7-14/h1-8,10,19H,9,11-13H2,(H,18,20). The summed E-state index contributed by atoms with van der Waals surface area (Å²) in [5.41, 5.74) is 1.66. The molecule has 122 valence electrons. The lowest BCUT2D eigenvalue weighted by atomic mass is 10.2. The molecule has 23 heavy (non-hydrogen) atoms. The smallest absolute Gasteiger partial charge is 0.235 e. The first-order chi connectivity index (χ1) is 11.1. The fourth-order valence-electron chi connectivity index (χ4n) is 1.90. The third-order valence-corrected chi connectivity index (χ3v) is 4.47. The summed E-state index contributed by atoms with van der Waals surface area (Å²) in [7, 11) is -3.48. The van der Waals surface area contributed by atoms with E-state index in [4.69, 9.17) is 0 Å². The Labute approximate surface area is 136 Å². The Morgan fingerprint density at radius 1 is 1.04 bits per heavy atom. The molecule has 1 amide bonds. The molecule has 1 aromatic carbocycles. The molecular weight excluding hydrogens is 314 g/mol. The fourth-order valence-corrected chi connectivity index (χ4v) is 2.90. The van der Waals surface area contributed by atoms with E-state index >= 15 is 0 Å². The highest BCUT2D eigenvalue weighted by molar-refractivity contribution is 7.89. The fraction of sp³-hybridized carbons (Fsp3) is 0.250. The molecule has 0 bridgehead atoms. The Hall–Kier alpha value is -2.25. The van der Waals surface area contributed by atoms with Crippen molar-refractivity contribution in [3.05, 3.63) is 66.0 Å². The lowest BCUT2D eigenvalue weighted by molar-refractivity contribution is -0.120. The monoisotopic (exact) mass is 333 g/mol. The van der Waals surface area contributed by atoms with Gasteiger partial charge in [-0.25, -0.2) is 13.1 Å². The highest BCUT2D eigenvalue weighted by Crippen LogP contribution is 2.01. The highest BCUT2D eigenvalue weighted by Gasteiger charge is 2.12. The van der Waals surface area contributed by atoms with Gasteiger partial charge in [-0.3, -0.25) is 9.78 Å². The molecule has 0 spiro atoms. The van der Waals surface area contributed by atoms with Crippen molar-refractivity contribution in [2.75, 3.05) is 12.3 Å². The maximum atomic E-state index is 11.9. The number of nitrogens with zero attached hydrogens (tertiary/aromatic N) is 1. The molecule has 0 saturated heterocycles. The average Bonchev–Trinajstić information content (AvgIpc) is 2.58. The summed E-state index contributed by atoms with van der Waals surface area (Å²) < 4.78 is 26.1. The predicted molar refractivity (Wildman–Crippen MR) is 88.0 cm³/mol. The van der Waals surface area contributed by atoms with Crippen molar-refractivity contribution in [1.29, 1.82) is 0 Å². The second kappa shape index (κ2) is 8.40. The van der Waals surface area contributed by atoms with E-state index in [9.17, 15) is 13.2 Å². The van der Waals surface area contributed by atoms with Gasteiger partial charge in [0.05, 0.1) is 24.5 Å². The number of aromatic nitrogens is 1. The summed E-state index contributed by atoms with van der Waals surface area (Å²) in [5, 5.41) is 2.62. The van der Waals surface area contributed by atoms with Crippen LogP contribution in [0.3, 0.4) is 0 Å². The van der Waals surface area contributed by atoms with Crippen LogP contribution in [-0.4, -0.2) is 31.6 Å². The van der Waals surface area contributed by atoms with E-state index in [2.05, 4.69) is 15.0 Å². The van der Waals surface area contributed by atoms with Gasteiger partial charge in [0.1, 0.15) is 0 Å². The number of nitrogens with one attached hydrogen (secondary N) is 2. The molecular formula is C16H19N3O3S. The summed E-state index contributed by atoms with van der Waals surface area (Å²) in [6.45, 7) is -0.00459. The number of carbonyl (C=O) groups is 1. The number of aryl methyl sites for hydroxylation is 1. The molecule has 2 N–H and O–H groups in total. The average molecular weight is 333 g/mol. The topological polar surface area (TPSA) is 88.2 Å². The van der Waals surface area contributed by atoms with Gasteiger partial charge in [0.25, 0.3) is 0 Å². The van der Waals surface area contributed by atoms with Crippen LogP contribution in [0.15, 0.2) is 54.7 Å². The van der Waals surface area contributed by atoms with Crippen LogP contribution in [0, 0.1) is 0 Å². The molecule has 2 rings (SSSR count). The first kappa shape index (κ1) is 17.1. The molecule has 0 fully saturated rings. The van der Waals surface area contributed by atoms with Crippen molar-refractivity contribution in [2.24, 2.45) is 0 Å². The Bertz CT molecular complexity index is 719. The number of rotatable bonds is 8. The summed E-state index contributed by atoms with van der Waals surface area (Å²) in [4.78, 5) is 15.7. The number of hydrogen-bond donors (Lipinski definition) is 2. The summed E-state index contributed by atoms with van der Waals surface area (Å²) in [6, 6.07) is 14.7. The third-order valence-electron chi connectivity index (χ3n) is 3.15. The minimum absolute atomic E-state index is 0.0511. The van der Waals surface area contributed by atoms with Gasteiger partial charge < -0.3 is 5.32 Å². The van der Waals surface area contributed by atoms with Crippen LogP contribution in [0.25, 0.3) is 0 Å². The zero-order valence-corrected chi connectivity index (χ0v) is 13.4. The molecule has 0 saturated carbocycles. The van der Waals surface area contributed by atoms with Crippen molar-refractivity contribution in [2.45, 2.75) is 13.0 Å². The van der Waals surface area contributed by atoms with Gasteiger partial charge in [-0.2, -0.15) is 0 Å². The number of carbonyl (C=O) groups excluding carboxylic acids is 1. The van der Waals surface area contributed by atoms with Crippen molar-refractivity contribution < 1.29 is 13.2 Å². The number of hydrogen-bond acceptors (Lipinski definition) is 4. The summed E-state index contributed by atoms with van der Waals surface area (Å²) in [6.07, 6.45) is 2.04. The number of benzene rings is 1. The van der Waals surface area contributed by atoms with Crippen LogP contribution in [0.1, 0.15) is 11.3 Å².